The summed E-state index contributed by atoms with van der Waals surface area (Å²) >= 11 is 0. The summed E-state index contributed by atoms with van der Waals surface area (Å²) in [6.45, 7) is 6.65. The minimum absolute atomic E-state index is 0.631. The van der Waals surface area contributed by atoms with Gasteiger partial charge in [-0.25, -0.2) is 0 Å². The van der Waals surface area contributed by atoms with Crippen molar-refractivity contribution < 1.29 is 0 Å². The van der Waals surface area contributed by atoms with Crippen LogP contribution in [0.3, 0.4) is 0 Å². The molecule has 0 aliphatic carbocycles. The van der Waals surface area contributed by atoms with Crippen molar-refractivity contribution in [2.75, 3.05) is 13.1 Å². The zero-order valence-electron chi connectivity index (χ0n) is 12.4. The van der Waals surface area contributed by atoms with Gasteiger partial charge in [0.05, 0.1) is 0 Å². The highest BCUT2D eigenvalue weighted by atomic mass is 15.5. The Kier molecular flexibility index (Phi) is 8.85. The van der Waals surface area contributed by atoms with Crippen LogP contribution in [-0.4, -0.2) is 18.0 Å². The minimum atomic E-state index is 0.631. The zero-order valence-corrected chi connectivity index (χ0v) is 12.4. The average molecular weight is 265 g/mol. The predicted molar refractivity (Wildman–Crippen MR) is 77.7 cm³/mol. The molecule has 5 nitrogen and oxygen atoms in total. The monoisotopic (exact) mass is 265 g/mol. The standard InChI is InChI=1S/C14H27N5/c1-3-5-7-9-11-19(12-10-8-6-4-2)13-14-15-17-18-16-14/h13H,3-12H2,1-2H3. The van der Waals surface area contributed by atoms with Gasteiger partial charge in [0, 0.05) is 19.3 Å². The summed E-state index contributed by atoms with van der Waals surface area (Å²) in [7, 11) is 0. The van der Waals surface area contributed by atoms with Crippen molar-refractivity contribution in [3.05, 3.63) is 12.0 Å². The molecule has 0 N–H and O–H groups in total. The van der Waals surface area contributed by atoms with Crippen molar-refractivity contribution in [1.82, 2.24) is 4.90 Å². The summed E-state index contributed by atoms with van der Waals surface area (Å²) in [5, 5.41) is 14.8. The number of hydrogen-bond acceptors (Lipinski definition) is 5. The molecule has 0 aromatic heterocycles. The third-order valence-corrected chi connectivity index (χ3v) is 3.23. The Morgan fingerprint density at radius 2 is 1.32 bits per heavy atom. The second kappa shape index (κ2) is 10.6. The van der Waals surface area contributed by atoms with E-state index in [4.69, 9.17) is 0 Å². The van der Waals surface area contributed by atoms with Gasteiger partial charge in [0.15, 0.2) is 0 Å². The molecule has 0 saturated carbocycles. The van der Waals surface area contributed by atoms with Crippen LogP contribution in [-0.2, 0) is 0 Å². The maximum Gasteiger partial charge on any atom is 0.215 e. The molecule has 0 atom stereocenters. The van der Waals surface area contributed by atoms with E-state index in [-0.39, 0.29) is 0 Å². The molecule has 1 aliphatic rings. The maximum absolute atomic E-state index is 3.88. The van der Waals surface area contributed by atoms with Crippen LogP contribution in [0.2, 0.25) is 0 Å². The fraction of sp³-hybridized carbons (Fsp3) is 0.857. The largest absolute Gasteiger partial charge is 0.374 e. The fourth-order valence-corrected chi connectivity index (χ4v) is 2.09. The molecule has 1 aliphatic heterocycles. The lowest BCUT2D eigenvalue weighted by atomic mass is 10.2. The van der Waals surface area contributed by atoms with Crippen molar-refractivity contribution in [1.29, 1.82) is 0 Å². The van der Waals surface area contributed by atoms with Gasteiger partial charge in [-0.15, -0.1) is 10.2 Å². The van der Waals surface area contributed by atoms with Gasteiger partial charge < -0.3 is 4.90 Å². The minimum Gasteiger partial charge on any atom is -0.374 e. The molecule has 0 amide bonds. The molecule has 0 unspecified atom stereocenters. The fourth-order valence-electron chi connectivity index (χ4n) is 2.09. The summed E-state index contributed by atoms with van der Waals surface area (Å²) in [6, 6.07) is 0. The summed E-state index contributed by atoms with van der Waals surface area (Å²) in [6.07, 6.45) is 12.3. The smallest absolute Gasteiger partial charge is 0.215 e. The highest BCUT2D eigenvalue weighted by molar-refractivity contribution is 4.96. The second-order valence-electron chi connectivity index (χ2n) is 5.02. The molecule has 5 heteroatoms. The van der Waals surface area contributed by atoms with E-state index in [1.807, 2.05) is 6.20 Å². The van der Waals surface area contributed by atoms with E-state index in [0.29, 0.717) is 5.82 Å². The zero-order chi connectivity index (χ0) is 13.8. The number of nitrogens with zero attached hydrogens (tertiary/aromatic N) is 5. The van der Waals surface area contributed by atoms with Gasteiger partial charge in [-0.05, 0) is 23.3 Å². The first-order chi connectivity index (χ1) is 9.36. The van der Waals surface area contributed by atoms with Crippen LogP contribution in [0, 0.1) is 0 Å². The highest BCUT2D eigenvalue weighted by Gasteiger charge is 2.05. The lowest BCUT2D eigenvalue weighted by molar-refractivity contribution is 0.348. The molecule has 0 spiro atoms. The average Bonchev–Trinajstić information content (AvgIpc) is 2.92. The van der Waals surface area contributed by atoms with E-state index >= 15 is 0 Å². The summed E-state index contributed by atoms with van der Waals surface area (Å²) in [4.78, 5) is 2.32. The summed E-state index contributed by atoms with van der Waals surface area (Å²) in [5.74, 6) is 0.631. The SMILES string of the molecule is CCCCCCN(C=C1N=NN=N1)CCCCCC. The van der Waals surface area contributed by atoms with Crippen LogP contribution < -0.4 is 0 Å². The molecule has 0 bridgehead atoms. The molecule has 0 fully saturated rings. The van der Waals surface area contributed by atoms with Crippen molar-refractivity contribution in [2.45, 2.75) is 65.2 Å². The van der Waals surface area contributed by atoms with Crippen molar-refractivity contribution >= 4 is 0 Å². The van der Waals surface area contributed by atoms with Crippen molar-refractivity contribution in [3.8, 4) is 0 Å². The van der Waals surface area contributed by atoms with Gasteiger partial charge >= 0.3 is 0 Å². The van der Waals surface area contributed by atoms with E-state index in [1.54, 1.807) is 0 Å². The summed E-state index contributed by atoms with van der Waals surface area (Å²) < 4.78 is 0. The number of unbranched alkanes of at least 4 members (excludes halogenated alkanes) is 6. The predicted octanol–water partition coefficient (Wildman–Crippen LogP) is 5.08. The second-order valence-corrected chi connectivity index (χ2v) is 5.02. The molecular formula is C14H27N5. The van der Waals surface area contributed by atoms with Crippen LogP contribution in [0.5, 0.6) is 0 Å². The molecule has 19 heavy (non-hydrogen) atoms. The van der Waals surface area contributed by atoms with Gasteiger partial charge in [0.1, 0.15) is 0 Å². The Bertz CT molecular complexity index is 283. The first-order valence-corrected chi connectivity index (χ1v) is 7.64. The normalized spacial score (nSPS) is 13.3. The molecule has 1 rings (SSSR count). The van der Waals surface area contributed by atoms with Crippen LogP contribution >= 0.6 is 0 Å². The maximum atomic E-state index is 3.88. The van der Waals surface area contributed by atoms with E-state index < -0.39 is 0 Å². The Morgan fingerprint density at radius 3 is 1.79 bits per heavy atom. The van der Waals surface area contributed by atoms with Crippen LogP contribution in [0.15, 0.2) is 32.7 Å². The number of rotatable bonds is 11. The van der Waals surface area contributed by atoms with Gasteiger partial charge in [0.2, 0.25) is 5.82 Å². The Labute approximate surface area is 116 Å². The van der Waals surface area contributed by atoms with Gasteiger partial charge in [-0.2, -0.15) is 0 Å². The first kappa shape index (κ1) is 15.8. The molecule has 0 radical (unpaired) electrons. The molecule has 0 aromatic carbocycles. The van der Waals surface area contributed by atoms with Crippen LogP contribution in [0.4, 0.5) is 0 Å². The molecule has 0 aromatic rings. The Hall–Kier alpha value is -1.26. The van der Waals surface area contributed by atoms with Gasteiger partial charge in [-0.3, -0.25) is 0 Å². The molecule has 0 saturated heterocycles. The van der Waals surface area contributed by atoms with E-state index in [1.165, 1.54) is 51.4 Å². The Balaban J connectivity index is 2.31. The summed E-state index contributed by atoms with van der Waals surface area (Å²) in [5.41, 5.74) is 0. The van der Waals surface area contributed by atoms with Gasteiger partial charge in [0.25, 0.3) is 0 Å². The van der Waals surface area contributed by atoms with Crippen LogP contribution in [0.1, 0.15) is 65.2 Å². The molecule has 1 heterocycles. The topological polar surface area (TPSA) is 52.7 Å². The molecule has 108 valence electrons. The quantitative estimate of drug-likeness (QED) is 0.480. The highest BCUT2D eigenvalue weighted by Crippen LogP contribution is 2.12. The van der Waals surface area contributed by atoms with E-state index in [0.717, 1.165) is 13.1 Å². The van der Waals surface area contributed by atoms with E-state index in [2.05, 4.69) is 39.4 Å². The lowest BCUT2D eigenvalue weighted by Gasteiger charge is -2.20. The van der Waals surface area contributed by atoms with Crippen molar-refractivity contribution in [2.24, 2.45) is 20.7 Å². The van der Waals surface area contributed by atoms with E-state index in [9.17, 15) is 0 Å². The number of hydrogen-bond donors (Lipinski definition) is 0. The van der Waals surface area contributed by atoms with Crippen LogP contribution in [0.25, 0.3) is 0 Å². The van der Waals surface area contributed by atoms with Gasteiger partial charge in [-0.1, -0.05) is 52.4 Å². The lowest BCUT2D eigenvalue weighted by Crippen LogP contribution is -2.20. The Morgan fingerprint density at radius 1 is 0.789 bits per heavy atom. The van der Waals surface area contributed by atoms with Crippen molar-refractivity contribution in [3.63, 3.8) is 0 Å². The first-order valence-electron chi connectivity index (χ1n) is 7.64. The third-order valence-electron chi connectivity index (χ3n) is 3.23. The third kappa shape index (κ3) is 7.70. The molecular weight excluding hydrogens is 238 g/mol.